The fourth-order valence-electron chi connectivity index (χ4n) is 2.71. The lowest BCUT2D eigenvalue weighted by Crippen LogP contribution is -2.30. The zero-order valence-corrected chi connectivity index (χ0v) is 12.1. The highest BCUT2D eigenvalue weighted by Gasteiger charge is 2.30. The van der Waals surface area contributed by atoms with Crippen LogP contribution in [0.25, 0.3) is 10.8 Å². The molecule has 1 unspecified atom stereocenters. The van der Waals surface area contributed by atoms with Crippen LogP contribution in [-0.4, -0.2) is 30.9 Å². The molecule has 1 aliphatic rings. The summed E-state index contributed by atoms with van der Waals surface area (Å²) in [7, 11) is -2.85. The maximum Gasteiger partial charge on any atom is 0.154 e. The molecule has 4 nitrogen and oxygen atoms in total. The van der Waals surface area contributed by atoms with E-state index in [9.17, 15) is 8.42 Å². The Kier molecular flexibility index (Phi) is 3.72. The summed E-state index contributed by atoms with van der Waals surface area (Å²) in [6.07, 6.45) is 5.22. The third kappa shape index (κ3) is 2.83. The van der Waals surface area contributed by atoms with Gasteiger partial charge in [0, 0.05) is 30.9 Å². The van der Waals surface area contributed by atoms with Crippen LogP contribution < -0.4 is 5.32 Å². The number of hydrogen-bond donors (Lipinski definition) is 1. The monoisotopic (exact) mass is 290 g/mol. The second-order valence-electron chi connectivity index (χ2n) is 5.32. The van der Waals surface area contributed by atoms with Crippen LogP contribution in [0.15, 0.2) is 36.7 Å². The summed E-state index contributed by atoms with van der Waals surface area (Å²) in [4.78, 5) is 4.09. The molecule has 3 rings (SSSR count). The largest absolute Gasteiger partial charge is 0.311 e. The molecule has 1 fully saturated rings. The fraction of sp³-hybridized carbons (Fsp3) is 0.400. The maximum atomic E-state index is 11.7. The van der Waals surface area contributed by atoms with Gasteiger partial charge < -0.3 is 5.32 Å². The first-order chi connectivity index (χ1) is 9.65. The van der Waals surface area contributed by atoms with Crippen molar-refractivity contribution in [3.05, 3.63) is 42.2 Å². The minimum absolute atomic E-state index is 0.202. The van der Waals surface area contributed by atoms with Gasteiger partial charge in [-0.3, -0.25) is 4.98 Å². The van der Waals surface area contributed by atoms with Crippen LogP contribution in [0.5, 0.6) is 0 Å². The minimum atomic E-state index is -2.85. The van der Waals surface area contributed by atoms with Crippen LogP contribution in [-0.2, 0) is 16.4 Å². The molecule has 1 atom stereocenters. The summed E-state index contributed by atoms with van der Waals surface area (Å²) in [6, 6.07) is 8.21. The molecule has 2 aromatic rings. The summed E-state index contributed by atoms with van der Waals surface area (Å²) >= 11 is 0. The van der Waals surface area contributed by atoms with E-state index in [-0.39, 0.29) is 5.25 Å². The Labute approximate surface area is 119 Å². The quantitative estimate of drug-likeness (QED) is 0.934. The predicted molar refractivity (Wildman–Crippen MR) is 80.3 cm³/mol. The van der Waals surface area contributed by atoms with Crippen molar-refractivity contribution in [2.45, 2.75) is 24.6 Å². The van der Waals surface area contributed by atoms with Gasteiger partial charge in [0.05, 0.1) is 11.0 Å². The van der Waals surface area contributed by atoms with E-state index in [1.165, 1.54) is 5.56 Å². The molecular formula is C15H18N2O2S. The van der Waals surface area contributed by atoms with Crippen molar-refractivity contribution in [2.75, 3.05) is 12.3 Å². The second kappa shape index (κ2) is 5.50. The first-order valence-electron chi connectivity index (χ1n) is 6.90. The van der Waals surface area contributed by atoms with Gasteiger partial charge in [-0.2, -0.15) is 0 Å². The molecule has 0 saturated carbocycles. The van der Waals surface area contributed by atoms with E-state index < -0.39 is 9.84 Å². The fourth-order valence-corrected chi connectivity index (χ4v) is 4.51. The summed E-state index contributed by atoms with van der Waals surface area (Å²) in [5.41, 5.74) is 1.17. The number of benzene rings is 1. The smallest absolute Gasteiger partial charge is 0.154 e. The molecule has 2 heterocycles. The molecule has 0 aliphatic carbocycles. The molecule has 1 N–H and O–H groups in total. The zero-order valence-electron chi connectivity index (χ0n) is 11.2. The average molecular weight is 290 g/mol. The first-order valence-corrected chi connectivity index (χ1v) is 8.62. The van der Waals surface area contributed by atoms with E-state index in [2.05, 4.69) is 22.4 Å². The standard InChI is InChI=1S/C15H18N2O2S/c18-20(19)7-1-2-15(20)11-17-9-12-3-4-14-10-16-6-5-13(14)8-12/h3-6,8,10,15,17H,1-2,7,9,11H2. The third-order valence-electron chi connectivity index (χ3n) is 3.87. The van der Waals surface area contributed by atoms with Crippen molar-refractivity contribution >= 4 is 20.6 Å². The van der Waals surface area contributed by atoms with Crippen molar-refractivity contribution in [3.63, 3.8) is 0 Å². The lowest BCUT2D eigenvalue weighted by Gasteiger charge is -2.11. The number of sulfone groups is 1. The number of pyridine rings is 1. The predicted octanol–water partition coefficient (Wildman–Crippen LogP) is 1.90. The lowest BCUT2D eigenvalue weighted by atomic mass is 10.1. The van der Waals surface area contributed by atoms with Gasteiger partial charge in [0.2, 0.25) is 0 Å². The van der Waals surface area contributed by atoms with E-state index >= 15 is 0 Å². The molecular weight excluding hydrogens is 272 g/mol. The van der Waals surface area contributed by atoms with Crippen LogP contribution in [0.2, 0.25) is 0 Å². The Morgan fingerprint density at radius 3 is 2.95 bits per heavy atom. The number of rotatable bonds is 4. The van der Waals surface area contributed by atoms with Gasteiger partial charge in [0.1, 0.15) is 0 Å². The molecule has 1 aromatic carbocycles. The molecule has 0 spiro atoms. The highest BCUT2D eigenvalue weighted by atomic mass is 32.2. The van der Waals surface area contributed by atoms with Crippen LogP contribution in [0.1, 0.15) is 18.4 Å². The maximum absolute atomic E-state index is 11.7. The summed E-state index contributed by atoms with van der Waals surface area (Å²) in [5.74, 6) is 0.350. The van der Waals surface area contributed by atoms with E-state index in [4.69, 9.17) is 0 Å². The summed E-state index contributed by atoms with van der Waals surface area (Å²) < 4.78 is 23.5. The van der Waals surface area contributed by atoms with Crippen molar-refractivity contribution in [1.29, 1.82) is 0 Å². The first kappa shape index (κ1) is 13.5. The van der Waals surface area contributed by atoms with Gasteiger partial charge in [-0.15, -0.1) is 0 Å². The normalized spacial score (nSPS) is 21.3. The van der Waals surface area contributed by atoms with Gasteiger partial charge in [-0.25, -0.2) is 8.42 Å². The lowest BCUT2D eigenvalue weighted by molar-refractivity contribution is 0.574. The molecule has 20 heavy (non-hydrogen) atoms. The third-order valence-corrected chi connectivity index (χ3v) is 6.14. The Hall–Kier alpha value is -1.46. The van der Waals surface area contributed by atoms with Crippen LogP contribution >= 0.6 is 0 Å². The molecule has 106 valence electrons. The van der Waals surface area contributed by atoms with Gasteiger partial charge in [0.25, 0.3) is 0 Å². The van der Waals surface area contributed by atoms with Crippen LogP contribution in [0.3, 0.4) is 0 Å². The summed E-state index contributed by atoms with van der Waals surface area (Å²) in [5, 5.41) is 5.35. The molecule has 0 amide bonds. The minimum Gasteiger partial charge on any atom is -0.311 e. The second-order valence-corrected chi connectivity index (χ2v) is 7.72. The number of aromatic nitrogens is 1. The van der Waals surface area contributed by atoms with Crippen molar-refractivity contribution in [1.82, 2.24) is 10.3 Å². The zero-order chi connectivity index (χ0) is 14.0. The van der Waals surface area contributed by atoms with E-state index in [0.29, 0.717) is 18.8 Å². The van der Waals surface area contributed by atoms with Crippen molar-refractivity contribution in [2.24, 2.45) is 0 Å². The van der Waals surface area contributed by atoms with Gasteiger partial charge in [0.15, 0.2) is 9.84 Å². The van der Waals surface area contributed by atoms with Gasteiger partial charge in [-0.05, 0) is 35.9 Å². The Morgan fingerprint density at radius 1 is 1.25 bits per heavy atom. The molecule has 1 aliphatic heterocycles. The topological polar surface area (TPSA) is 59.1 Å². The van der Waals surface area contributed by atoms with Crippen LogP contribution in [0.4, 0.5) is 0 Å². The summed E-state index contributed by atoms with van der Waals surface area (Å²) in [6.45, 7) is 1.25. The molecule has 0 radical (unpaired) electrons. The highest BCUT2D eigenvalue weighted by molar-refractivity contribution is 7.92. The number of fused-ring (bicyclic) bond motifs is 1. The molecule has 1 saturated heterocycles. The Balaban J connectivity index is 1.62. The van der Waals surface area contributed by atoms with Gasteiger partial charge in [-0.1, -0.05) is 12.1 Å². The number of hydrogen-bond acceptors (Lipinski definition) is 4. The SMILES string of the molecule is O=S1(=O)CCCC1CNCc1ccc2cnccc2c1. The molecule has 5 heteroatoms. The Morgan fingerprint density at radius 2 is 2.15 bits per heavy atom. The average Bonchev–Trinajstić information content (AvgIpc) is 2.78. The highest BCUT2D eigenvalue weighted by Crippen LogP contribution is 2.19. The molecule has 0 bridgehead atoms. The van der Waals surface area contributed by atoms with Crippen molar-refractivity contribution in [3.8, 4) is 0 Å². The Bertz CT molecular complexity index is 713. The van der Waals surface area contributed by atoms with Crippen molar-refractivity contribution < 1.29 is 8.42 Å². The van der Waals surface area contributed by atoms with E-state index in [1.54, 1.807) is 6.20 Å². The number of nitrogens with one attached hydrogen (secondary N) is 1. The van der Waals surface area contributed by atoms with E-state index in [1.807, 2.05) is 18.3 Å². The number of nitrogens with zero attached hydrogens (tertiary/aromatic N) is 1. The van der Waals surface area contributed by atoms with Gasteiger partial charge >= 0.3 is 0 Å². The molecule has 1 aromatic heterocycles. The van der Waals surface area contributed by atoms with Crippen LogP contribution in [0, 0.1) is 0 Å². The van der Waals surface area contributed by atoms with E-state index in [0.717, 1.165) is 23.6 Å².